The summed E-state index contributed by atoms with van der Waals surface area (Å²) in [5.74, 6) is 2.16. The van der Waals surface area contributed by atoms with E-state index in [9.17, 15) is 0 Å². The van der Waals surface area contributed by atoms with Gasteiger partial charge in [-0.2, -0.15) is 10.1 Å². The monoisotopic (exact) mass is 353 g/mol. The van der Waals surface area contributed by atoms with Crippen LogP contribution in [-0.4, -0.2) is 27.1 Å². The molecule has 2 rings (SSSR count). The highest BCUT2D eigenvalue weighted by atomic mass is 79.9. The molecule has 0 bridgehead atoms. The second kappa shape index (κ2) is 7.44. The molecule has 1 aromatic heterocycles. The van der Waals surface area contributed by atoms with Crippen molar-refractivity contribution in [2.24, 2.45) is 11.0 Å². The first-order chi connectivity index (χ1) is 9.63. The summed E-state index contributed by atoms with van der Waals surface area (Å²) in [5, 5.41) is 11.8. The fourth-order valence-electron chi connectivity index (χ4n) is 1.36. The van der Waals surface area contributed by atoms with Crippen molar-refractivity contribution in [2.75, 3.05) is 11.2 Å². The standard InChI is InChI=1S/C13H16BrN5S/c1-9(2)8-20-13-16-12(18-19-13)17-15-7-10-4-3-5-11(14)6-10/h3-7,9H,8H2,1-2H3,(H2,16,17,18,19)/b15-7-. The summed E-state index contributed by atoms with van der Waals surface area (Å²) in [4.78, 5) is 4.29. The number of nitrogens with zero attached hydrogens (tertiary/aromatic N) is 3. The molecule has 0 unspecified atom stereocenters. The Morgan fingerprint density at radius 3 is 3.10 bits per heavy atom. The van der Waals surface area contributed by atoms with Crippen LogP contribution in [0.1, 0.15) is 19.4 Å². The largest absolute Gasteiger partial charge is 0.246 e. The Labute approximate surface area is 130 Å². The highest BCUT2D eigenvalue weighted by molar-refractivity contribution is 9.10. The summed E-state index contributed by atoms with van der Waals surface area (Å²) in [6.45, 7) is 4.34. The number of nitrogens with one attached hydrogen (secondary N) is 2. The number of hydrogen-bond donors (Lipinski definition) is 2. The van der Waals surface area contributed by atoms with Crippen LogP contribution in [0.4, 0.5) is 5.95 Å². The summed E-state index contributed by atoms with van der Waals surface area (Å²) in [5.41, 5.74) is 3.83. The van der Waals surface area contributed by atoms with E-state index in [-0.39, 0.29) is 0 Å². The molecule has 106 valence electrons. The van der Waals surface area contributed by atoms with Crippen molar-refractivity contribution in [3.05, 3.63) is 34.3 Å². The van der Waals surface area contributed by atoms with Crippen molar-refractivity contribution < 1.29 is 0 Å². The van der Waals surface area contributed by atoms with E-state index < -0.39 is 0 Å². The van der Waals surface area contributed by atoms with Gasteiger partial charge in [0.2, 0.25) is 11.1 Å². The maximum Gasteiger partial charge on any atom is 0.240 e. The van der Waals surface area contributed by atoms with Crippen LogP contribution >= 0.6 is 27.7 Å². The van der Waals surface area contributed by atoms with Gasteiger partial charge in [0.15, 0.2) is 0 Å². The Morgan fingerprint density at radius 2 is 2.35 bits per heavy atom. The van der Waals surface area contributed by atoms with E-state index in [1.807, 2.05) is 24.3 Å². The third-order valence-electron chi connectivity index (χ3n) is 2.24. The second-order valence-corrected chi connectivity index (χ2v) is 6.50. The van der Waals surface area contributed by atoms with Gasteiger partial charge < -0.3 is 0 Å². The fourth-order valence-corrected chi connectivity index (χ4v) is 2.52. The summed E-state index contributed by atoms with van der Waals surface area (Å²) in [6.07, 6.45) is 1.73. The van der Waals surface area contributed by atoms with Gasteiger partial charge in [0.25, 0.3) is 0 Å². The van der Waals surface area contributed by atoms with Gasteiger partial charge in [-0.15, -0.1) is 5.10 Å². The van der Waals surface area contributed by atoms with Gasteiger partial charge in [-0.25, -0.2) is 10.5 Å². The smallest absolute Gasteiger partial charge is 0.240 e. The lowest BCUT2D eigenvalue weighted by atomic mass is 10.2. The quantitative estimate of drug-likeness (QED) is 0.471. The van der Waals surface area contributed by atoms with Crippen molar-refractivity contribution in [1.29, 1.82) is 0 Å². The van der Waals surface area contributed by atoms with Crippen LogP contribution in [0.2, 0.25) is 0 Å². The summed E-state index contributed by atoms with van der Waals surface area (Å²) in [6, 6.07) is 7.88. The molecular formula is C13H16BrN5S. The molecular weight excluding hydrogens is 338 g/mol. The number of aromatic amines is 1. The zero-order chi connectivity index (χ0) is 14.4. The molecule has 0 aliphatic heterocycles. The van der Waals surface area contributed by atoms with Gasteiger partial charge in [-0.3, -0.25) is 0 Å². The molecule has 0 saturated carbocycles. The number of aromatic nitrogens is 3. The van der Waals surface area contributed by atoms with Crippen LogP contribution in [0.25, 0.3) is 0 Å². The third-order valence-corrected chi connectivity index (χ3v) is 4.01. The van der Waals surface area contributed by atoms with Gasteiger partial charge in [0, 0.05) is 10.2 Å². The van der Waals surface area contributed by atoms with Crippen LogP contribution < -0.4 is 5.43 Å². The number of halogens is 1. The van der Waals surface area contributed by atoms with Crippen molar-refractivity contribution in [1.82, 2.24) is 15.2 Å². The minimum absolute atomic E-state index is 0.544. The van der Waals surface area contributed by atoms with Crippen LogP contribution in [0.15, 0.2) is 39.0 Å². The van der Waals surface area contributed by atoms with Crippen molar-refractivity contribution in [2.45, 2.75) is 19.0 Å². The van der Waals surface area contributed by atoms with E-state index in [4.69, 9.17) is 0 Å². The topological polar surface area (TPSA) is 66.0 Å². The molecule has 2 aromatic rings. The number of anilines is 1. The number of rotatable bonds is 6. The lowest BCUT2D eigenvalue weighted by Gasteiger charge is -1.98. The third kappa shape index (κ3) is 4.97. The van der Waals surface area contributed by atoms with Gasteiger partial charge in [-0.1, -0.05) is 53.7 Å². The molecule has 0 fully saturated rings. The van der Waals surface area contributed by atoms with E-state index in [1.165, 1.54) is 0 Å². The Bertz CT molecular complexity index is 582. The lowest BCUT2D eigenvalue weighted by Crippen LogP contribution is -1.93. The van der Waals surface area contributed by atoms with E-state index in [2.05, 4.69) is 55.5 Å². The minimum atomic E-state index is 0.544. The van der Waals surface area contributed by atoms with Crippen molar-refractivity contribution in [3.63, 3.8) is 0 Å². The molecule has 0 spiro atoms. The molecule has 0 aliphatic carbocycles. The summed E-state index contributed by atoms with van der Waals surface area (Å²) >= 11 is 5.05. The number of benzene rings is 1. The van der Waals surface area contributed by atoms with Gasteiger partial charge in [0.1, 0.15) is 0 Å². The average Bonchev–Trinajstić information content (AvgIpc) is 2.84. The second-order valence-electron chi connectivity index (χ2n) is 4.60. The minimum Gasteiger partial charge on any atom is -0.246 e. The molecule has 1 heterocycles. The molecule has 7 heteroatoms. The SMILES string of the molecule is CC(C)CSc1n[nH]c(N/N=C\c2cccc(Br)c2)n1. The van der Waals surface area contributed by atoms with Crippen molar-refractivity contribution in [3.8, 4) is 0 Å². The van der Waals surface area contributed by atoms with E-state index in [0.29, 0.717) is 11.9 Å². The van der Waals surface area contributed by atoms with E-state index in [1.54, 1.807) is 18.0 Å². The molecule has 5 nitrogen and oxygen atoms in total. The normalized spacial score (nSPS) is 11.4. The zero-order valence-electron chi connectivity index (χ0n) is 11.3. The lowest BCUT2D eigenvalue weighted by molar-refractivity contribution is 0.748. The number of H-pyrrole nitrogens is 1. The van der Waals surface area contributed by atoms with E-state index in [0.717, 1.165) is 20.9 Å². The first-order valence-electron chi connectivity index (χ1n) is 6.23. The number of hydrogen-bond acceptors (Lipinski definition) is 5. The highest BCUT2D eigenvalue weighted by Gasteiger charge is 2.03. The molecule has 2 N–H and O–H groups in total. The zero-order valence-corrected chi connectivity index (χ0v) is 13.7. The molecule has 0 saturated heterocycles. The molecule has 1 aromatic carbocycles. The average molecular weight is 354 g/mol. The number of thioether (sulfide) groups is 1. The molecule has 0 amide bonds. The molecule has 20 heavy (non-hydrogen) atoms. The molecule has 0 radical (unpaired) electrons. The predicted molar refractivity (Wildman–Crippen MR) is 87.3 cm³/mol. The molecule has 0 atom stereocenters. The maximum absolute atomic E-state index is 4.29. The van der Waals surface area contributed by atoms with Crippen LogP contribution in [0.3, 0.4) is 0 Å². The number of hydrazone groups is 1. The first kappa shape index (κ1) is 15.1. The predicted octanol–water partition coefficient (Wildman–Crippen LogP) is 3.76. The molecule has 0 aliphatic rings. The van der Waals surface area contributed by atoms with Crippen LogP contribution in [0, 0.1) is 5.92 Å². The maximum atomic E-state index is 4.29. The van der Waals surface area contributed by atoms with Gasteiger partial charge in [0.05, 0.1) is 6.21 Å². The highest BCUT2D eigenvalue weighted by Crippen LogP contribution is 2.17. The van der Waals surface area contributed by atoms with E-state index >= 15 is 0 Å². The van der Waals surface area contributed by atoms with Gasteiger partial charge in [-0.05, 0) is 23.6 Å². The van der Waals surface area contributed by atoms with Gasteiger partial charge >= 0.3 is 0 Å². The Balaban J connectivity index is 1.88. The Kier molecular flexibility index (Phi) is 5.60. The summed E-state index contributed by atoms with van der Waals surface area (Å²) in [7, 11) is 0. The summed E-state index contributed by atoms with van der Waals surface area (Å²) < 4.78 is 1.02. The van der Waals surface area contributed by atoms with Crippen LogP contribution in [0.5, 0.6) is 0 Å². The van der Waals surface area contributed by atoms with Crippen molar-refractivity contribution >= 4 is 39.9 Å². The first-order valence-corrected chi connectivity index (χ1v) is 8.01. The van der Waals surface area contributed by atoms with Crippen LogP contribution in [-0.2, 0) is 0 Å². The fraction of sp³-hybridized carbons (Fsp3) is 0.308. The Hall–Kier alpha value is -1.34. The Morgan fingerprint density at radius 1 is 1.50 bits per heavy atom.